The minimum Gasteiger partial charge on any atom is -0.408 e. The van der Waals surface area contributed by atoms with E-state index in [4.69, 9.17) is 4.42 Å². The number of sulfonamides is 1. The molecule has 1 saturated heterocycles. The van der Waals surface area contributed by atoms with Crippen LogP contribution in [-0.2, 0) is 21.4 Å². The molecule has 29 heavy (non-hydrogen) atoms. The average molecular weight is 480 g/mol. The Morgan fingerprint density at radius 1 is 1.03 bits per heavy atom. The standard InChI is InChI=1S/C19H18BrN3O5S/c20-14-4-3-5-15(12-14)29(26,27)22-10-8-21(9-11-22)18(24)13-23-16-6-1-2-7-17(16)28-19(23)25/h1-7,12H,8-11,13H2. The third kappa shape index (κ3) is 3.87. The molecule has 0 aliphatic carbocycles. The number of carbonyl (C=O) groups is 1. The second-order valence-electron chi connectivity index (χ2n) is 6.66. The number of halogens is 1. The van der Waals surface area contributed by atoms with Gasteiger partial charge in [0.15, 0.2) is 5.58 Å². The first kappa shape index (κ1) is 19.9. The average Bonchev–Trinajstić information content (AvgIpc) is 3.03. The molecule has 0 bridgehead atoms. The fraction of sp³-hybridized carbons (Fsp3) is 0.263. The molecule has 0 atom stereocenters. The number of amides is 1. The van der Waals surface area contributed by atoms with E-state index in [-0.39, 0.29) is 43.5 Å². The van der Waals surface area contributed by atoms with Crippen LogP contribution in [-0.4, -0.2) is 54.3 Å². The summed E-state index contributed by atoms with van der Waals surface area (Å²) >= 11 is 3.29. The highest BCUT2D eigenvalue weighted by Gasteiger charge is 2.30. The summed E-state index contributed by atoms with van der Waals surface area (Å²) in [5, 5.41) is 0. The molecular formula is C19H18BrN3O5S. The Bertz CT molecular complexity index is 1230. The van der Waals surface area contributed by atoms with Crippen molar-refractivity contribution in [3.63, 3.8) is 0 Å². The van der Waals surface area contributed by atoms with Crippen LogP contribution in [0.2, 0.25) is 0 Å². The molecule has 0 radical (unpaired) electrons. The number of hydrogen-bond acceptors (Lipinski definition) is 5. The summed E-state index contributed by atoms with van der Waals surface area (Å²) in [6.45, 7) is 0.769. The van der Waals surface area contributed by atoms with Gasteiger partial charge in [0.2, 0.25) is 15.9 Å². The maximum Gasteiger partial charge on any atom is 0.420 e. The lowest BCUT2D eigenvalue weighted by Gasteiger charge is -2.34. The number of nitrogens with zero attached hydrogens (tertiary/aromatic N) is 3. The quantitative estimate of drug-likeness (QED) is 0.569. The molecule has 152 valence electrons. The van der Waals surface area contributed by atoms with Crippen molar-refractivity contribution in [1.82, 2.24) is 13.8 Å². The summed E-state index contributed by atoms with van der Waals surface area (Å²) in [6, 6.07) is 13.4. The van der Waals surface area contributed by atoms with Gasteiger partial charge in [-0.15, -0.1) is 0 Å². The van der Waals surface area contributed by atoms with Gasteiger partial charge in [-0.1, -0.05) is 34.1 Å². The summed E-state index contributed by atoms with van der Waals surface area (Å²) in [6.07, 6.45) is 0. The second-order valence-corrected chi connectivity index (χ2v) is 9.52. The number of rotatable bonds is 4. The first-order valence-corrected chi connectivity index (χ1v) is 11.2. The van der Waals surface area contributed by atoms with Gasteiger partial charge >= 0.3 is 5.76 Å². The van der Waals surface area contributed by atoms with Crippen molar-refractivity contribution in [2.24, 2.45) is 0 Å². The van der Waals surface area contributed by atoms with Gasteiger partial charge in [-0.3, -0.25) is 9.36 Å². The number of benzene rings is 2. The molecule has 3 aromatic rings. The van der Waals surface area contributed by atoms with Crippen LogP contribution in [0.5, 0.6) is 0 Å². The molecule has 10 heteroatoms. The number of carbonyl (C=O) groups excluding carboxylic acids is 1. The van der Waals surface area contributed by atoms with Crippen molar-refractivity contribution in [2.45, 2.75) is 11.4 Å². The Kier molecular flexibility index (Phi) is 5.32. The van der Waals surface area contributed by atoms with Crippen LogP contribution in [0.1, 0.15) is 0 Å². The van der Waals surface area contributed by atoms with Crippen molar-refractivity contribution in [3.05, 3.63) is 63.6 Å². The van der Waals surface area contributed by atoms with Crippen molar-refractivity contribution in [3.8, 4) is 0 Å². The van der Waals surface area contributed by atoms with E-state index in [0.717, 1.165) is 0 Å². The van der Waals surface area contributed by atoms with E-state index < -0.39 is 15.8 Å². The summed E-state index contributed by atoms with van der Waals surface area (Å²) in [7, 11) is -3.62. The van der Waals surface area contributed by atoms with Gasteiger partial charge in [-0.05, 0) is 30.3 Å². The van der Waals surface area contributed by atoms with Crippen LogP contribution in [0.25, 0.3) is 11.1 Å². The number of fused-ring (bicyclic) bond motifs is 1. The highest BCUT2D eigenvalue weighted by Crippen LogP contribution is 2.21. The van der Waals surface area contributed by atoms with E-state index in [1.54, 1.807) is 53.4 Å². The number of piperazine rings is 1. The lowest BCUT2D eigenvalue weighted by Crippen LogP contribution is -2.51. The van der Waals surface area contributed by atoms with E-state index in [0.29, 0.717) is 15.6 Å². The summed E-state index contributed by atoms with van der Waals surface area (Å²) in [4.78, 5) is 26.5. The monoisotopic (exact) mass is 479 g/mol. The van der Waals surface area contributed by atoms with Gasteiger partial charge in [0, 0.05) is 30.7 Å². The maximum absolute atomic E-state index is 12.8. The molecule has 1 aliphatic rings. The summed E-state index contributed by atoms with van der Waals surface area (Å²) in [5.74, 6) is -0.839. The first-order valence-electron chi connectivity index (χ1n) is 8.98. The zero-order valence-corrected chi connectivity index (χ0v) is 17.7. The maximum atomic E-state index is 12.8. The van der Waals surface area contributed by atoms with Gasteiger partial charge in [-0.2, -0.15) is 4.31 Å². The number of oxazole rings is 1. The molecule has 1 amide bonds. The molecule has 1 fully saturated rings. The van der Waals surface area contributed by atoms with Gasteiger partial charge < -0.3 is 9.32 Å². The molecule has 0 saturated carbocycles. The molecule has 0 unspecified atom stereocenters. The van der Waals surface area contributed by atoms with Crippen LogP contribution in [0.4, 0.5) is 0 Å². The van der Waals surface area contributed by atoms with Crippen LogP contribution < -0.4 is 5.76 Å². The highest BCUT2D eigenvalue weighted by atomic mass is 79.9. The predicted octanol–water partition coefficient (Wildman–Crippen LogP) is 1.89. The molecule has 1 aliphatic heterocycles. The molecule has 4 rings (SSSR count). The second kappa shape index (κ2) is 7.77. The van der Waals surface area contributed by atoms with Gasteiger partial charge in [0.05, 0.1) is 10.4 Å². The van der Waals surface area contributed by atoms with Crippen LogP contribution in [0.3, 0.4) is 0 Å². The topological polar surface area (TPSA) is 92.8 Å². The Labute approximate surface area is 175 Å². The third-order valence-electron chi connectivity index (χ3n) is 4.89. The smallest absolute Gasteiger partial charge is 0.408 e. The van der Waals surface area contributed by atoms with Gasteiger partial charge in [-0.25, -0.2) is 13.2 Å². The Morgan fingerprint density at radius 3 is 2.48 bits per heavy atom. The van der Waals surface area contributed by atoms with Gasteiger partial charge in [0.25, 0.3) is 0 Å². The molecule has 8 nitrogen and oxygen atoms in total. The Balaban J connectivity index is 1.45. The minimum absolute atomic E-state index is 0.145. The molecule has 0 spiro atoms. The fourth-order valence-electron chi connectivity index (χ4n) is 3.35. The predicted molar refractivity (Wildman–Crippen MR) is 110 cm³/mol. The lowest BCUT2D eigenvalue weighted by molar-refractivity contribution is -0.133. The fourth-order valence-corrected chi connectivity index (χ4v) is 5.37. The third-order valence-corrected chi connectivity index (χ3v) is 7.28. The zero-order chi connectivity index (χ0) is 20.6. The number of para-hydroxylation sites is 2. The summed E-state index contributed by atoms with van der Waals surface area (Å²) in [5.41, 5.74) is 0.983. The van der Waals surface area contributed by atoms with E-state index >= 15 is 0 Å². The van der Waals surface area contributed by atoms with E-state index in [2.05, 4.69) is 15.9 Å². The van der Waals surface area contributed by atoms with Crippen LogP contribution >= 0.6 is 15.9 Å². The van der Waals surface area contributed by atoms with Crippen molar-refractivity contribution >= 4 is 43.0 Å². The zero-order valence-electron chi connectivity index (χ0n) is 15.3. The molecule has 2 heterocycles. The first-order chi connectivity index (χ1) is 13.9. The van der Waals surface area contributed by atoms with E-state index in [1.807, 2.05) is 0 Å². The van der Waals surface area contributed by atoms with E-state index in [1.165, 1.54) is 8.87 Å². The number of aromatic nitrogens is 1. The van der Waals surface area contributed by atoms with E-state index in [9.17, 15) is 18.0 Å². The molecule has 2 aromatic carbocycles. The van der Waals surface area contributed by atoms with Crippen molar-refractivity contribution < 1.29 is 17.6 Å². The highest BCUT2D eigenvalue weighted by molar-refractivity contribution is 9.10. The molecular weight excluding hydrogens is 462 g/mol. The largest absolute Gasteiger partial charge is 0.420 e. The van der Waals surface area contributed by atoms with Crippen LogP contribution in [0, 0.1) is 0 Å². The van der Waals surface area contributed by atoms with Crippen molar-refractivity contribution in [1.29, 1.82) is 0 Å². The van der Waals surface area contributed by atoms with Gasteiger partial charge in [0.1, 0.15) is 6.54 Å². The van der Waals surface area contributed by atoms with Crippen molar-refractivity contribution in [2.75, 3.05) is 26.2 Å². The molecule has 0 N–H and O–H groups in total. The minimum atomic E-state index is -3.62. The number of hydrogen-bond donors (Lipinski definition) is 0. The lowest BCUT2D eigenvalue weighted by atomic mass is 10.3. The SMILES string of the molecule is O=C(Cn1c(=O)oc2ccccc21)N1CCN(S(=O)(=O)c2cccc(Br)c2)CC1. The summed E-state index contributed by atoms with van der Waals surface area (Å²) < 4.78 is 34.1. The Hall–Kier alpha value is -2.43. The molecule has 1 aromatic heterocycles. The Morgan fingerprint density at radius 2 is 1.76 bits per heavy atom. The normalized spacial score (nSPS) is 15.7. The van der Waals surface area contributed by atoms with Crippen LogP contribution in [0.15, 0.2) is 67.1 Å².